The number of amides is 2. The maximum Gasteiger partial charge on any atom is 0.255 e. The van der Waals surface area contributed by atoms with Crippen LogP contribution >= 0.6 is 0 Å². The van der Waals surface area contributed by atoms with Gasteiger partial charge in [0.25, 0.3) is 5.91 Å². The lowest BCUT2D eigenvalue weighted by molar-refractivity contribution is -0.117. The zero-order valence-corrected chi connectivity index (χ0v) is 15.2. The minimum absolute atomic E-state index is 0.0328. The van der Waals surface area contributed by atoms with E-state index in [2.05, 4.69) is 10.6 Å². The maximum atomic E-state index is 12.5. The number of benzene rings is 2. The van der Waals surface area contributed by atoms with Crippen molar-refractivity contribution in [1.29, 1.82) is 0 Å². The summed E-state index contributed by atoms with van der Waals surface area (Å²) < 4.78 is 5.94. The van der Waals surface area contributed by atoms with Gasteiger partial charge in [0.05, 0.1) is 6.10 Å². The van der Waals surface area contributed by atoms with Gasteiger partial charge in [-0.2, -0.15) is 0 Å². The lowest BCUT2D eigenvalue weighted by Crippen LogP contribution is -2.15. The fourth-order valence-electron chi connectivity index (χ4n) is 3.35. The normalized spacial score (nSPS) is 16.7. The number of hydrogen-bond donors (Lipinski definition) is 2. The molecule has 0 aromatic heterocycles. The van der Waals surface area contributed by atoms with E-state index in [1.54, 1.807) is 24.3 Å². The summed E-state index contributed by atoms with van der Waals surface area (Å²) >= 11 is 0. The summed E-state index contributed by atoms with van der Waals surface area (Å²) in [7, 11) is 0. The lowest BCUT2D eigenvalue weighted by Gasteiger charge is -2.13. The van der Waals surface area contributed by atoms with Crippen LogP contribution in [0, 0.1) is 5.92 Å². The van der Waals surface area contributed by atoms with E-state index in [4.69, 9.17) is 4.74 Å². The number of carbonyl (C=O) groups excluding carboxylic acids is 2. The van der Waals surface area contributed by atoms with Crippen LogP contribution < -0.4 is 15.4 Å². The second-order valence-electron chi connectivity index (χ2n) is 7.35. The van der Waals surface area contributed by atoms with Crippen molar-refractivity contribution in [3.8, 4) is 5.75 Å². The smallest absolute Gasteiger partial charge is 0.255 e. The molecule has 4 rings (SSSR count). The van der Waals surface area contributed by atoms with Crippen molar-refractivity contribution in [2.45, 2.75) is 44.6 Å². The summed E-state index contributed by atoms with van der Waals surface area (Å²) in [4.78, 5) is 24.4. The number of hydrogen-bond acceptors (Lipinski definition) is 3. The standard InChI is InChI=1S/C22H24N2O3/c25-21(15-8-9-15)24-18-5-3-4-16(14-18)22(26)23-17-10-12-20(13-11-17)27-19-6-1-2-7-19/h3-5,10-15,19H,1-2,6-9H2,(H,23,26)(H,24,25). The molecule has 2 aromatic carbocycles. The summed E-state index contributed by atoms with van der Waals surface area (Å²) in [5, 5.41) is 5.76. The van der Waals surface area contributed by atoms with Gasteiger partial charge in [-0.1, -0.05) is 6.07 Å². The Bertz CT molecular complexity index is 822. The number of carbonyl (C=O) groups is 2. The van der Waals surface area contributed by atoms with Crippen molar-refractivity contribution in [1.82, 2.24) is 0 Å². The van der Waals surface area contributed by atoms with E-state index in [0.717, 1.165) is 31.4 Å². The van der Waals surface area contributed by atoms with Crippen molar-refractivity contribution < 1.29 is 14.3 Å². The Balaban J connectivity index is 1.36. The molecule has 0 saturated heterocycles. The van der Waals surface area contributed by atoms with Gasteiger partial charge in [0.1, 0.15) is 5.75 Å². The third-order valence-electron chi connectivity index (χ3n) is 5.06. The monoisotopic (exact) mass is 364 g/mol. The molecule has 2 aliphatic carbocycles. The average Bonchev–Trinajstić information content (AvgIpc) is 3.41. The topological polar surface area (TPSA) is 67.4 Å². The molecule has 2 aromatic rings. The Kier molecular flexibility index (Phi) is 5.10. The first kappa shape index (κ1) is 17.6. The van der Waals surface area contributed by atoms with Crippen molar-refractivity contribution in [3.63, 3.8) is 0 Å². The van der Waals surface area contributed by atoms with Crippen molar-refractivity contribution in [2.24, 2.45) is 5.92 Å². The molecule has 0 bridgehead atoms. The summed E-state index contributed by atoms with van der Waals surface area (Å²) in [6.45, 7) is 0. The number of anilines is 2. The van der Waals surface area contributed by atoms with Gasteiger partial charge in [-0.3, -0.25) is 9.59 Å². The predicted octanol–water partition coefficient (Wildman–Crippen LogP) is 4.61. The molecular formula is C22H24N2O3. The first-order valence-electron chi connectivity index (χ1n) is 9.66. The Morgan fingerprint density at radius 2 is 1.59 bits per heavy atom. The first-order valence-corrected chi connectivity index (χ1v) is 9.66. The Hall–Kier alpha value is -2.82. The maximum absolute atomic E-state index is 12.5. The zero-order valence-electron chi connectivity index (χ0n) is 15.2. The Labute approximate surface area is 159 Å². The lowest BCUT2D eigenvalue weighted by atomic mass is 10.1. The highest BCUT2D eigenvalue weighted by atomic mass is 16.5. The van der Waals surface area contributed by atoms with Crippen LogP contribution in [0.5, 0.6) is 5.75 Å². The first-order chi connectivity index (χ1) is 13.2. The van der Waals surface area contributed by atoms with Gasteiger partial charge in [0, 0.05) is 22.9 Å². The van der Waals surface area contributed by atoms with Crippen LogP contribution in [-0.2, 0) is 4.79 Å². The van der Waals surface area contributed by atoms with E-state index >= 15 is 0 Å². The van der Waals surface area contributed by atoms with Crippen molar-refractivity contribution in [3.05, 3.63) is 54.1 Å². The third kappa shape index (κ3) is 4.67. The largest absolute Gasteiger partial charge is 0.490 e. The van der Waals surface area contributed by atoms with E-state index in [9.17, 15) is 9.59 Å². The molecule has 5 heteroatoms. The minimum Gasteiger partial charge on any atom is -0.490 e. The molecule has 2 fully saturated rings. The summed E-state index contributed by atoms with van der Waals surface area (Å²) in [5.74, 6) is 0.796. The van der Waals surface area contributed by atoms with E-state index in [1.165, 1.54) is 12.8 Å². The van der Waals surface area contributed by atoms with Crippen LogP contribution in [0.25, 0.3) is 0 Å². The summed E-state index contributed by atoms with van der Waals surface area (Å²) in [5.41, 5.74) is 1.88. The van der Waals surface area contributed by atoms with Crippen LogP contribution in [0.2, 0.25) is 0 Å². The van der Waals surface area contributed by atoms with Gasteiger partial charge >= 0.3 is 0 Å². The number of ether oxygens (including phenoxy) is 1. The van der Waals surface area contributed by atoms with Gasteiger partial charge in [0.2, 0.25) is 5.91 Å². The molecule has 27 heavy (non-hydrogen) atoms. The van der Waals surface area contributed by atoms with Crippen LogP contribution in [-0.4, -0.2) is 17.9 Å². The molecule has 2 amide bonds. The fraction of sp³-hybridized carbons (Fsp3) is 0.364. The third-order valence-corrected chi connectivity index (χ3v) is 5.06. The predicted molar refractivity (Wildman–Crippen MR) is 105 cm³/mol. The molecule has 0 unspecified atom stereocenters. The van der Waals surface area contributed by atoms with Crippen LogP contribution in [0.1, 0.15) is 48.9 Å². The van der Waals surface area contributed by atoms with E-state index in [0.29, 0.717) is 23.0 Å². The molecule has 140 valence electrons. The molecule has 0 heterocycles. The van der Waals surface area contributed by atoms with Crippen LogP contribution in [0.4, 0.5) is 11.4 Å². The molecule has 2 aliphatic rings. The van der Waals surface area contributed by atoms with Gasteiger partial charge in [-0.25, -0.2) is 0 Å². The van der Waals surface area contributed by atoms with E-state index in [-0.39, 0.29) is 17.7 Å². The Morgan fingerprint density at radius 1 is 0.852 bits per heavy atom. The molecule has 2 saturated carbocycles. The highest BCUT2D eigenvalue weighted by Crippen LogP contribution is 2.30. The fourth-order valence-corrected chi connectivity index (χ4v) is 3.35. The van der Waals surface area contributed by atoms with Gasteiger partial charge < -0.3 is 15.4 Å². The quantitative estimate of drug-likeness (QED) is 0.787. The van der Waals surface area contributed by atoms with Crippen LogP contribution in [0.15, 0.2) is 48.5 Å². The minimum atomic E-state index is -0.206. The van der Waals surface area contributed by atoms with E-state index < -0.39 is 0 Å². The highest BCUT2D eigenvalue weighted by Gasteiger charge is 2.29. The van der Waals surface area contributed by atoms with Gasteiger partial charge in [-0.05, 0) is 81.0 Å². The molecule has 2 N–H and O–H groups in total. The second kappa shape index (κ2) is 7.82. The van der Waals surface area contributed by atoms with Gasteiger partial charge in [-0.15, -0.1) is 0 Å². The average molecular weight is 364 g/mol. The molecule has 0 atom stereocenters. The summed E-state index contributed by atoms with van der Waals surface area (Å²) in [6, 6.07) is 14.5. The van der Waals surface area contributed by atoms with Crippen molar-refractivity contribution in [2.75, 3.05) is 10.6 Å². The zero-order chi connectivity index (χ0) is 18.6. The molecular weight excluding hydrogens is 340 g/mol. The number of rotatable bonds is 6. The second-order valence-corrected chi connectivity index (χ2v) is 7.35. The van der Waals surface area contributed by atoms with Crippen LogP contribution in [0.3, 0.4) is 0 Å². The van der Waals surface area contributed by atoms with Crippen molar-refractivity contribution >= 4 is 23.2 Å². The number of nitrogens with one attached hydrogen (secondary N) is 2. The summed E-state index contributed by atoms with van der Waals surface area (Å²) in [6.07, 6.45) is 6.92. The molecule has 5 nitrogen and oxygen atoms in total. The molecule has 0 radical (unpaired) electrons. The van der Waals surface area contributed by atoms with Gasteiger partial charge in [0.15, 0.2) is 0 Å². The highest BCUT2D eigenvalue weighted by molar-refractivity contribution is 6.05. The van der Waals surface area contributed by atoms with E-state index in [1.807, 2.05) is 24.3 Å². The Morgan fingerprint density at radius 3 is 2.30 bits per heavy atom. The SMILES string of the molecule is O=C(Nc1ccc(OC2CCCC2)cc1)c1cccc(NC(=O)C2CC2)c1. The molecule has 0 spiro atoms. The molecule has 0 aliphatic heterocycles.